The lowest BCUT2D eigenvalue weighted by molar-refractivity contribution is -0.114. The number of aldehydes is 1. The topological polar surface area (TPSA) is 55.1 Å². The van der Waals surface area contributed by atoms with Crippen molar-refractivity contribution < 1.29 is 9.90 Å². The lowest BCUT2D eigenvalue weighted by atomic mass is 10.2. The largest absolute Gasteiger partial charge is 0.385 e. The van der Waals surface area contributed by atoms with Gasteiger partial charge in [-0.1, -0.05) is 13.8 Å². The van der Waals surface area contributed by atoms with Crippen LogP contribution >= 0.6 is 0 Å². The van der Waals surface area contributed by atoms with Crippen LogP contribution < -0.4 is 0 Å². The van der Waals surface area contributed by atoms with Gasteiger partial charge in [-0.25, -0.2) is 0 Å². The molecule has 1 aromatic heterocycles. The van der Waals surface area contributed by atoms with Crippen LogP contribution in [0.3, 0.4) is 0 Å². The number of aliphatic hydroxyl groups excluding tert-OH is 1. The van der Waals surface area contributed by atoms with E-state index in [0.717, 1.165) is 18.5 Å². The maximum absolute atomic E-state index is 10.3. The number of carbonyl (C=O) groups excluding carboxylic acids is 1. The van der Waals surface area contributed by atoms with Crippen LogP contribution in [0.15, 0.2) is 12.3 Å². The number of aliphatic hydroxyl groups is 1. The van der Waals surface area contributed by atoms with Crippen LogP contribution in [-0.2, 0) is 11.2 Å². The summed E-state index contributed by atoms with van der Waals surface area (Å²) in [5, 5.41) is 13.5. The molecule has 1 unspecified atom stereocenters. The summed E-state index contributed by atoms with van der Waals surface area (Å²) in [5.41, 5.74) is 0.765. The summed E-state index contributed by atoms with van der Waals surface area (Å²) in [6, 6.07) is 2.26. The summed E-state index contributed by atoms with van der Waals surface area (Å²) in [6.07, 6.45) is 3.88. The van der Waals surface area contributed by atoms with Crippen LogP contribution in [0.25, 0.3) is 0 Å². The highest BCUT2D eigenvalue weighted by Crippen LogP contribution is 2.14. The van der Waals surface area contributed by atoms with Gasteiger partial charge in [0.1, 0.15) is 12.4 Å². The molecule has 84 valence electrons. The van der Waals surface area contributed by atoms with Gasteiger partial charge < -0.3 is 9.90 Å². The normalized spacial score (nSPS) is 13.1. The highest BCUT2D eigenvalue weighted by molar-refractivity contribution is 5.56. The lowest BCUT2D eigenvalue weighted by Crippen LogP contribution is -2.13. The molecule has 4 nitrogen and oxygen atoms in total. The Morgan fingerprint density at radius 3 is 2.73 bits per heavy atom. The molecule has 1 atom stereocenters. The molecule has 4 heteroatoms. The van der Waals surface area contributed by atoms with Gasteiger partial charge in [-0.2, -0.15) is 5.10 Å². The average Bonchev–Trinajstić information content (AvgIpc) is 2.68. The summed E-state index contributed by atoms with van der Waals surface area (Å²) in [4.78, 5) is 10.3. The van der Waals surface area contributed by atoms with E-state index in [-0.39, 0.29) is 0 Å². The third-order valence-corrected chi connectivity index (χ3v) is 2.56. The fourth-order valence-corrected chi connectivity index (χ4v) is 1.61. The number of carbonyl (C=O) groups is 1. The Balaban J connectivity index is 2.66. The third kappa shape index (κ3) is 3.16. The predicted molar refractivity (Wildman–Crippen MR) is 57.6 cm³/mol. The number of rotatable bonds is 6. The Hall–Kier alpha value is -1.16. The summed E-state index contributed by atoms with van der Waals surface area (Å²) in [6.45, 7) is 4.24. The van der Waals surface area contributed by atoms with Crippen LogP contribution in [0.4, 0.5) is 0 Å². The van der Waals surface area contributed by atoms with Crippen LogP contribution in [0.1, 0.15) is 38.4 Å². The second-order valence-electron chi connectivity index (χ2n) is 3.66. The fourth-order valence-electron chi connectivity index (χ4n) is 1.61. The van der Waals surface area contributed by atoms with Crippen molar-refractivity contribution in [3.8, 4) is 0 Å². The number of aromatic nitrogens is 2. The van der Waals surface area contributed by atoms with E-state index in [9.17, 15) is 4.79 Å². The molecule has 0 saturated carbocycles. The molecule has 0 fully saturated rings. The summed E-state index contributed by atoms with van der Waals surface area (Å²) < 4.78 is 1.91. The molecular weight excluding hydrogens is 192 g/mol. The Bertz CT molecular complexity index is 305. The van der Waals surface area contributed by atoms with Gasteiger partial charge in [0.15, 0.2) is 0 Å². The Morgan fingerprint density at radius 1 is 1.53 bits per heavy atom. The van der Waals surface area contributed by atoms with E-state index >= 15 is 0 Å². The predicted octanol–water partition coefficient (Wildman–Crippen LogP) is 1.35. The van der Waals surface area contributed by atoms with E-state index in [1.54, 1.807) is 0 Å². The quantitative estimate of drug-likeness (QED) is 0.721. The van der Waals surface area contributed by atoms with Gasteiger partial charge in [-0.05, 0) is 18.9 Å². The molecule has 0 amide bonds. The first-order valence-corrected chi connectivity index (χ1v) is 5.38. The minimum absolute atomic E-state index is 0.302. The van der Waals surface area contributed by atoms with E-state index in [2.05, 4.69) is 18.9 Å². The second-order valence-corrected chi connectivity index (χ2v) is 3.66. The Morgan fingerprint density at radius 2 is 2.20 bits per heavy atom. The van der Waals surface area contributed by atoms with Crippen molar-refractivity contribution in [2.24, 2.45) is 0 Å². The van der Waals surface area contributed by atoms with E-state index in [4.69, 9.17) is 5.11 Å². The molecule has 0 saturated heterocycles. The van der Waals surface area contributed by atoms with Crippen LogP contribution in [0, 0.1) is 0 Å². The van der Waals surface area contributed by atoms with Crippen LogP contribution in [0.2, 0.25) is 0 Å². The molecule has 0 aromatic carbocycles. The monoisotopic (exact) mass is 210 g/mol. The molecule has 0 aliphatic carbocycles. The van der Waals surface area contributed by atoms with Gasteiger partial charge in [-0.3, -0.25) is 4.68 Å². The van der Waals surface area contributed by atoms with E-state index in [1.807, 2.05) is 16.9 Å². The maximum Gasteiger partial charge on any atom is 0.148 e. The molecule has 0 aliphatic heterocycles. The summed E-state index contributed by atoms with van der Waals surface area (Å²) in [5.74, 6) is 0. The van der Waals surface area contributed by atoms with Crippen molar-refractivity contribution in [2.75, 3.05) is 0 Å². The Kier molecular flexibility index (Phi) is 4.49. The second kappa shape index (κ2) is 5.66. The zero-order valence-electron chi connectivity index (χ0n) is 9.26. The van der Waals surface area contributed by atoms with Gasteiger partial charge in [0.05, 0.1) is 11.7 Å². The maximum atomic E-state index is 10.3. The molecule has 1 heterocycles. The van der Waals surface area contributed by atoms with E-state index in [0.29, 0.717) is 18.7 Å². The standard InChI is InChI=1S/C11H18N2O2/c1-3-10(4-2)13-6-5-9(12-13)7-11(15)8-14/h5-6,8,10-11,15H,3-4,7H2,1-2H3. The Labute approximate surface area is 89.9 Å². The van der Waals surface area contributed by atoms with Gasteiger partial charge >= 0.3 is 0 Å². The number of hydrogen-bond acceptors (Lipinski definition) is 3. The molecule has 0 spiro atoms. The van der Waals surface area contributed by atoms with Crippen LogP contribution in [-0.4, -0.2) is 27.3 Å². The van der Waals surface area contributed by atoms with Crippen molar-refractivity contribution in [1.29, 1.82) is 0 Å². The minimum Gasteiger partial charge on any atom is -0.385 e. The number of hydrogen-bond donors (Lipinski definition) is 1. The first kappa shape index (κ1) is 11.9. The fraction of sp³-hybridized carbons (Fsp3) is 0.636. The number of nitrogens with zero attached hydrogens (tertiary/aromatic N) is 2. The first-order chi connectivity index (χ1) is 7.21. The molecule has 1 N–H and O–H groups in total. The molecule has 0 aliphatic rings. The summed E-state index contributed by atoms with van der Waals surface area (Å²) in [7, 11) is 0. The van der Waals surface area contributed by atoms with Gasteiger partial charge in [0, 0.05) is 12.6 Å². The first-order valence-electron chi connectivity index (χ1n) is 5.38. The van der Waals surface area contributed by atoms with Crippen LogP contribution in [0.5, 0.6) is 0 Å². The van der Waals surface area contributed by atoms with Gasteiger partial charge in [0.2, 0.25) is 0 Å². The van der Waals surface area contributed by atoms with Crippen molar-refractivity contribution in [3.05, 3.63) is 18.0 Å². The van der Waals surface area contributed by atoms with Gasteiger partial charge in [0.25, 0.3) is 0 Å². The molecule has 0 bridgehead atoms. The molecule has 1 rings (SSSR count). The van der Waals surface area contributed by atoms with E-state index < -0.39 is 6.10 Å². The SMILES string of the molecule is CCC(CC)n1ccc(CC(O)C=O)n1. The zero-order valence-corrected chi connectivity index (χ0v) is 9.26. The molecule has 15 heavy (non-hydrogen) atoms. The molecule has 1 aromatic rings. The van der Waals surface area contributed by atoms with Crippen molar-refractivity contribution in [1.82, 2.24) is 9.78 Å². The van der Waals surface area contributed by atoms with Crippen molar-refractivity contribution in [2.45, 2.75) is 45.3 Å². The average molecular weight is 210 g/mol. The highest BCUT2D eigenvalue weighted by atomic mass is 16.3. The van der Waals surface area contributed by atoms with E-state index in [1.165, 1.54) is 0 Å². The highest BCUT2D eigenvalue weighted by Gasteiger charge is 2.10. The smallest absolute Gasteiger partial charge is 0.148 e. The minimum atomic E-state index is -0.935. The molecular formula is C11H18N2O2. The van der Waals surface area contributed by atoms with Crippen molar-refractivity contribution in [3.63, 3.8) is 0 Å². The van der Waals surface area contributed by atoms with Crippen molar-refractivity contribution >= 4 is 6.29 Å². The summed E-state index contributed by atoms with van der Waals surface area (Å²) >= 11 is 0. The third-order valence-electron chi connectivity index (χ3n) is 2.56. The molecule has 0 radical (unpaired) electrons. The van der Waals surface area contributed by atoms with Gasteiger partial charge in [-0.15, -0.1) is 0 Å². The zero-order chi connectivity index (χ0) is 11.3. The lowest BCUT2D eigenvalue weighted by Gasteiger charge is -2.12.